The fourth-order valence-electron chi connectivity index (χ4n) is 0. The fraction of sp³-hybridized carbons (Fsp3) is 1.00. The van der Waals surface area contributed by atoms with Crippen molar-refractivity contribution >= 4 is 0 Å². The van der Waals surface area contributed by atoms with Gasteiger partial charge in [-0.1, -0.05) is 0 Å². The van der Waals surface area contributed by atoms with Crippen LogP contribution in [0.5, 0.6) is 0 Å². The number of halogens is 3. The molecule has 66 valence electrons. The van der Waals surface area contributed by atoms with Crippen LogP contribution in [0.25, 0.3) is 0 Å². The Bertz CT molecular complexity index is 20.5. The van der Waals surface area contributed by atoms with Gasteiger partial charge >= 0.3 is 22.4 Å². The normalized spacial score (nSPS) is 3.60. The Hall–Kier alpha value is 1.53. The molecule has 2 nitrogen and oxygen atoms in total. The third-order valence-electron chi connectivity index (χ3n) is 0. The van der Waals surface area contributed by atoms with Gasteiger partial charge in [0.15, 0.2) is 0 Å². The second kappa shape index (κ2) is 76.7. The standard InChI is InChI=1S/2C2H6O.3ClH.Nb/c2*1-2-3;;;;/h2*3H,2H2,1H3;3*1H;/q;;;;;+3/p-3. The maximum absolute atomic E-state index is 7.57. The summed E-state index contributed by atoms with van der Waals surface area (Å²) in [6.45, 7) is 3.86. The Morgan fingerprint density at radius 1 is 0.800 bits per heavy atom. The van der Waals surface area contributed by atoms with Crippen LogP contribution >= 0.6 is 0 Å². The molecule has 0 aliphatic heterocycles. The van der Waals surface area contributed by atoms with Crippen LogP contribution in [0.1, 0.15) is 13.8 Å². The molecule has 0 amide bonds. The molecule has 0 fully saturated rings. The number of hydrogen-bond donors (Lipinski definition) is 2. The van der Waals surface area contributed by atoms with Crippen LogP contribution in [-0.2, 0) is 22.4 Å². The van der Waals surface area contributed by atoms with E-state index in [1.165, 1.54) is 0 Å². The minimum Gasteiger partial charge on any atom is -1.00 e. The number of aliphatic hydroxyl groups excluding tert-OH is 2. The van der Waals surface area contributed by atoms with E-state index in [0.717, 1.165) is 0 Å². The number of rotatable bonds is 0. The summed E-state index contributed by atoms with van der Waals surface area (Å²) >= 11 is 0. The summed E-state index contributed by atoms with van der Waals surface area (Å²) < 4.78 is 0. The zero-order valence-electron chi connectivity index (χ0n) is 5.89. The molecule has 0 radical (unpaired) electrons. The second-order valence-corrected chi connectivity index (χ2v) is 0.632. The third-order valence-corrected chi connectivity index (χ3v) is 0. The molecule has 0 unspecified atom stereocenters. The van der Waals surface area contributed by atoms with Crippen LogP contribution in [0.3, 0.4) is 0 Å². The molecule has 10 heavy (non-hydrogen) atoms. The first-order valence-electron chi connectivity index (χ1n) is 2.05. The molecule has 0 spiro atoms. The van der Waals surface area contributed by atoms with E-state index in [4.69, 9.17) is 10.2 Å². The first-order chi connectivity index (χ1) is 2.83. The van der Waals surface area contributed by atoms with Crippen molar-refractivity contribution in [1.29, 1.82) is 0 Å². The summed E-state index contributed by atoms with van der Waals surface area (Å²) in [5.74, 6) is 0. The van der Waals surface area contributed by atoms with Crippen molar-refractivity contribution in [3.05, 3.63) is 0 Å². The van der Waals surface area contributed by atoms with Gasteiger partial charge < -0.3 is 47.4 Å². The molecule has 0 saturated heterocycles. The quantitative estimate of drug-likeness (QED) is 0.435. The van der Waals surface area contributed by atoms with Gasteiger partial charge in [0.05, 0.1) is 0 Å². The molecule has 0 heterocycles. The molecular formula is C4H12Cl3NbO2. The van der Waals surface area contributed by atoms with E-state index < -0.39 is 0 Å². The molecule has 0 saturated carbocycles. The molecule has 0 atom stereocenters. The van der Waals surface area contributed by atoms with Crippen LogP contribution in [0.2, 0.25) is 0 Å². The number of hydrogen-bond acceptors (Lipinski definition) is 2. The maximum Gasteiger partial charge on any atom is 3.00 e. The molecule has 0 aliphatic carbocycles. The second-order valence-electron chi connectivity index (χ2n) is 0.632. The van der Waals surface area contributed by atoms with Crippen LogP contribution in [-0.4, -0.2) is 23.4 Å². The summed E-state index contributed by atoms with van der Waals surface area (Å²) in [4.78, 5) is 0. The first kappa shape index (κ1) is 41.8. The Morgan fingerprint density at radius 3 is 0.800 bits per heavy atom. The van der Waals surface area contributed by atoms with Gasteiger partial charge in [0, 0.05) is 13.2 Å². The molecule has 0 aromatic rings. The van der Waals surface area contributed by atoms with Crippen LogP contribution in [0, 0.1) is 0 Å². The van der Waals surface area contributed by atoms with E-state index in [9.17, 15) is 0 Å². The summed E-state index contributed by atoms with van der Waals surface area (Å²) in [5, 5.41) is 15.1. The maximum atomic E-state index is 7.57. The SMILES string of the molecule is CCO.CCO.[Cl-].[Cl-].[Cl-].[Nb+3]. The largest absolute Gasteiger partial charge is 3.00 e. The topological polar surface area (TPSA) is 40.5 Å². The third kappa shape index (κ3) is 296. The van der Waals surface area contributed by atoms with E-state index in [-0.39, 0.29) is 72.8 Å². The van der Waals surface area contributed by atoms with E-state index >= 15 is 0 Å². The zero-order chi connectivity index (χ0) is 5.41. The van der Waals surface area contributed by atoms with Crippen LogP contribution in [0.15, 0.2) is 0 Å². The van der Waals surface area contributed by atoms with Gasteiger partial charge in [-0.2, -0.15) is 0 Å². The molecule has 0 aromatic heterocycles. The van der Waals surface area contributed by atoms with Gasteiger partial charge in [-0.05, 0) is 13.8 Å². The molecule has 0 rings (SSSR count). The predicted octanol–water partition coefficient (Wildman–Crippen LogP) is -8.99. The van der Waals surface area contributed by atoms with Crippen LogP contribution in [0.4, 0.5) is 0 Å². The minimum atomic E-state index is 0. The van der Waals surface area contributed by atoms with Gasteiger partial charge in [0.2, 0.25) is 0 Å². The molecule has 0 aromatic carbocycles. The Labute approximate surface area is 96.5 Å². The monoisotopic (exact) mass is 290 g/mol. The Morgan fingerprint density at radius 2 is 0.800 bits per heavy atom. The van der Waals surface area contributed by atoms with E-state index in [1.807, 2.05) is 0 Å². The molecule has 0 bridgehead atoms. The Balaban J connectivity index is -0.00000000571. The molecular weight excluding hydrogens is 279 g/mol. The van der Waals surface area contributed by atoms with Crippen molar-refractivity contribution in [2.24, 2.45) is 0 Å². The van der Waals surface area contributed by atoms with Gasteiger partial charge in [-0.15, -0.1) is 0 Å². The van der Waals surface area contributed by atoms with Crippen molar-refractivity contribution in [3.63, 3.8) is 0 Å². The van der Waals surface area contributed by atoms with Crippen molar-refractivity contribution in [2.45, 2.75) is 13.8 Å². The summed E-state index contributed by atoms with van der Waals surface area (Å²) in [6, 6.07) is 0. The van der Waals surface area contributed by atoms with Gasteiger partial charge in [-0.3, -0.25) is 0 Å². The summed E-state index contributed by atoms with van der Waals surface area (Å²) in [7, 11) is 0. The van der Waals surface area contributed by atoms with E-state index in [0.29, 0.717) is 0 Å². The average molecular weight is 291 g/mol. The number of aliphatic hydroxyl groups is 2. The van der Waals surface area contributed by atoms with Crippen LogP contribution < -0.4 is 37.2 Å². The van der Waals surface area contributed by atoms with Crippen molar-refractivity contribution in [1.82, 2.24) is 0 Å². The smallest absolute Gasteiger partial charge is 1.00 e. The van der Waals surface area contributed by atoms with Crippen molar-refractivity contribution < 1.29 is 69.8 Å². The predicted molar refractivity (Wildman–Crippen MR) is 25.5 cm³/mol. The minimum absolute atomic E-state index is 0. The Kier molecular flexibility index (Phi) is 321. The summed E-state index contributed by atoms with van der Waals surface area (Å²) in [6.07, 6.45) is 0. The first-order valence-corrected chi connectivity index (χ1v) is 2.05. The zero-order valence-corrected chi connectivity index (χ0v) is 10.4. The van der Waals surface area contributed by atoms with Crippen molar-refractivity contribution in [2.75, 3.05) is 13.2 Å². The van der Waals surface area contributed by atoms with Gasteiger partial charge in [0.1, 0.15) is 0 Å². The average Bonchev–Trinajstić information content (AvgIpc) is 1.39. The van der Waals surface area contributed by atoms with E-state index in [1.54, 1.807) is 13.8 Å². The molecule has 6 heteroatoms. The van der Waals surface area contributed by atoms with Crippen molar-refractivity contribution in [3.8, 4) is 0 Å². The van der Waals surface area contributed by atoms with E-state index in [2.05, 4.69) is 0 Å². The molecule has 2 N–H and O–H groups in total. The summed E-state index contributed by atoms with van der Waals surface area (Å²) in [5.41, 5.74) is 0. The molecule has 0 aliphatic rings. The van der Waals surface area contributed by atoms with Gasteiger partial charge in [-0.25, -0.2) is 0 Å². The van der Waals surface area contributed by atoms with Gasteiger partial charge in [0.25, 0.3) is 0 Å². The fourth-order valence-corrected chi connectivity index (χ4v) is 0.